The molecule has 4 aromatic rings. The van der Waals surface area contributed by atoms with Gasteiger partial charge in [0.25, 0.3) is 0 Å². The zero-order valence-corrected chi connectivity index (χ0v) is 16.3. The van der Waals surface area contributed by atoms with Crippen LogP contribution >= 0.6 is 0 Å². The Bertz CT molecular complexity index is 1200. The van der Waals surface area contributed by atoms with E-state index in [2.05, 4.69) is 10.1 Å². The second-order valence-electron chi connectivity index (χ2n) is 6.68. The van der Waals surface area contributed by atoms with Crippen molar-refractivity contribution in [2.75, 3.05) is 0 Å². The van der Waals surface area contributed by atoms with E-state index >= 15 is 0 Å². The molecular weight excluding hydrogens is 378 g/mol. The van der Waals surface area contributed by atoms with Gasteiger partial charge in [0.2, 0.25) is 5.89 Å². The van der Waals surface area contributed by atoms with Gasteiger partial charge in [0.1, 0.15) is 11.4 Å². The zero-order valence-electron chi connectivity index (χ0n) is 16.3. The molecule has 0 spiro atoms. The van der Waals surface area contributed by atoms with E-state index < -0.39 is 5.97 Å². The summed E-state index contributed by atoms with van der Waals surface area (Å²) in [6.07, 6.45) is 3.96. The standard InChI is InChI=1S/C24H19N3O3/c1-16(25)27-30-24(28)20-14-10-18(11-15-20)7-6-17-8-12-19(13-9-17)23-26-21-4-2-3-5-22(21)29-23/h2-15H,1H3,(H2,25,27)/b7-6+. The molecule has 0 unspecified atom stereocenters. The zero-order chi connectivity index (χ0) is 20.9. The number of carbonyl (C=O) groups is 1. The third kappa shape index (κ3) is 4.44. The highest BCUT2D eigenvalue weighted by Gasteiger charge is 2.08. The number of benzene rings is 3. The topological polar surface area (TPSA) is 90.7 Å². The third-order valence-electron chi connectivity index (χ3n) is 4.34. The molecule has 4 rings (SSSR count). The van der Waals surface area contributed by atoms with Crippen LogP contribution in [0.25, 0.3) is 34.7 Å². The molecule has 0 amide bonds. The van der Waals surface area contributed by atoms with E-state index in [4.69, 9.17) is 15.0 Å². The average molecular weight is 397 g/mol. The summed E-state index contributed by atoms with van der Waals surface area (Å²) in [5, 5.41) is 3.46. The van der Waals surface area contributed by atoms with Crippen LogP contribution in [-0.2, 0) is 4.84 Å². The van der Waals surface area contributed by atoms with Crippen LogP contribution in [-0.4, -0.2) is 16.8 Å². The van der Waals surface area contributed by atoms with Crippen molar-refractivity contribution >= 4 is 35.1 Å². The average Bonchev–Trinajstić information content (AvgIpc) is 3.21. The van der Waals surface area contributed by atoms with Crippen LogP contribution < -0.4 is 5.73 Å². The summed E-state index contributed by atoms with van der Waals surface area (Å²) in [7, 11) is 0. The van der Waals surface area contributed by atoms with Gasteiger partial charge < -0.3 is 15.0 Å². The molecule has 6 nitrogen and oxygen atoms in total. The number of oxime groups is 1. The molecule has 0 fully saturated rings. The van der Waals surface area contributed by atoms with Crippen LogP contribution in [0.2, 0.25) is 0 Å². The summed E-state index contributed by atoms with van der Waals surface area (Å²) in [4.78, 5) is 21.1. The molecule has 148 valence electrons. The maximum atomic E-state index is 11.8. The van der Waals surface area contributed by atoms with E-state index in [9.17, 15) is 4.79 Å². The number of rotatable bonds is 5. The van der Waals surface area contributed by atoms with Gasteiger partial charge in [0, 0.05) is 5.56 Å². The molecule has 30 heavy (non-hydrogen) atoms. The van der Waals surface area contributed by atoms with Gasteiger partial charge >= 0.3 is 5.97 Å². The summed E-state index contributed by atoms with van der Waals surface area (Å²) in [6, 6.07) is 22.7. The fourth-order valence-corrected chi connectivity index (χ4v) is 2.82. The molecule has 0 radical (unpaired) electrons. The summed E-state index contributed by atoms with van der Waals surface area (Å²) in [5.41, 5.74) is 10.3. The summed E-state index contributed by atoms with van der Waals surface area (Å²) < 4.78 is 5.80. The Morgan fingerprint density at radius 2 is 1.60 bits per heavy atom. The van der Waals surface area contributed by atoms with Crippen molar-refractivity contribution in [2.45, 2.75) is 6.92 Å². The molecule has 3 aromatic carbocycles. The molecule has 0 saturated carbocycles. The predicted molar refractivity (Wildman–Crippen MR) is 118 cm³/mol. The highest BCUT2D eigenvalue weighted by molar-refractivity contribution is 5.90. The van der Waals surface area contributed by atoms with E-state index in [0.717, 1.165) is 27.8 Å². The first kappa shape index (κ1) is 19.1. The maximum Gasteiger partial charge on any atom is 0.365 e. The van der Waals surface area contributed by atoms with E-state index in [1.165, 1.54) is 0 Å². The van der Waals surface area contributed by atoms with Crippen molar-refractivity contribution in [3.05, 3.63) is 89.5 Å². The van der Waals surface area contributed by atoms with Gasteiger partial charge in [-0.15, -0.1) is 0 Å². The number of oxazole rings is 1. The summed E-state index contributed by atoms with van der Waals surface area (Å²) >= 11 is 0. The first-order chi connectivity index (χ1) is 14.6. The first-order valence-electron chi connectivity index (χ1n) is 9.34. The molecule has 2 N–H and O–H groups in total. The molecule has 0 bridgehead atoms. The minimum Gasteiger partial charge on any atom is -0.436 e. The minimum atomic E-state index is -0.551. The van der Waals surface area contributed by atoms with Crippen LogP contribution in [0, 0.1) is 0 Å². The minimum absolute atomic E-state index is 0.185. The van der Waals surface area contributed by atoms with Crippen molar-refractivity contribution in [3.63, 3.8) is 0 Å². The van der Waals surface area contributed by atoms with E-state index in [1.54, 1.807) is 19.1 Å². The van der Waals surface area contributed by atoms with Crippen LogP contribution in [0.5, 0.6) is 0 Å². The van der Waals surface area contributed by atoms with Crippen molar-refractivity contribution in [3.8, 4) is 11.5 Å². The maximum absolute atomic E-state index is 11.8. The lowest BCUT2D eigenvalue weighted by atomic mass is 10.1. The molecule has 6 heteroatoms. The number of fused-ring (bicyclic) bond motifs is 1. The largest absolute Gasteiger partial charge is 0.436 e. The quantitative estimate of drug-likeness (QED) is 0.166. The molecule has 0 aliphatic rings. The van der Waals surface area contributed by atoms with Gasteiger partial charge in [-0.05, 0) is 54.4 Å². The predicted octanol–water partition coefficient (Wildman–Crippen LogP) is 5.11. The monoisotopic (exact) mass is 397 g/mol. The number of nitrogens with two attached hydrogens (primary N) is 1. The van der Waals surface area contributed by atoms with Crippen molar-refractivity contribution < 1.29 is 14.0 Å². The first-order valence-corrected chi connectivity index (χ1v) is 9.34. The molecule has 0 aliphatic heterocycles. The Kier molecular flexibility index (Phi) is 5.39. The van der Waals surface area contributed by atoms with E-state index in [1.807, 2.05) is 72.8 Å². The highest BCUT2D eigenvalue weighted by atomic mass is 16.7. The SMILES string of the molecule is C/C(N)=N/OC(=O)c1ccc(/C=C/c2ccc(-c3nc4ccccc4o3)cc2)cc1. The smallest absolute Gasteiger partial charge is 0.365 e. The van der Waals surface area contributed by atoms with Gasteiger partial charge in [0.15, 0.2) is 5.58 Å². The Labute approximate surface area is 173 Å². The lowest BCUT2D eigenvalue weighted by molar-refractivity contribution is 0.0515. The van der Waals surface area contributed by atoms with Gasteiger partial charge in [-0.2, -0.15) is 0 Å². The third-order valence-corrected chi connectivity index (χ3v) is 4.34. The number of aromatic nitrogens is 1. The van der Waals surface area contributed by atoms with Crippen molar-refractivity contribution in [1.82, 2.24) is 4.98 Å². The second kappa shape index (κ2) is 8.45. The van der Waals surface area contributed by atoms with Crippen LogP contribution in [0.15, 0.2) is 82.4 Å². The highest BCUT2D eigenvalue weighted by Crippen LogP contribution is 2.24. The Hall–Kier alpha value is -4.19. The van der Waals surface area contributed by atoms with Gasteiger partial charge in [-0.25, -0.2) is 9.78 Å². The molecule has 0 aliphatic carbocycles. The van der Waals surface area contributed by atoms with Gasteiger partial charge in [-0.3, -0.25) is 0 Å². The molecule has 1 aromatic heterocycles. The number of para-hydroxylation sites is 2. The molecule has 1 heterocycles. The fraction of sp³-hybridized carbons (Fsp3) is 0.0417. The van der Waals surface area contributed by atoms with Crippen molar-refractivity contribution in [2.24, 2.45) is 10.9 Å². The fourth-order valence-electron chi connectivity index (χ4n) is 2.82. The molecule has 0 saturated heterocycles. The Balaban J connectivity index is 1.44. The Morgan fingerprint density at radius 3 is 2.23 bits per heavy atom. The lowest BCUT2D eigenvalue weighted by Crippen LogP contribution is -2.09. The number of carbonyl (C=O) groups excluding carboxylic acids is 1. The van der Waals surface area contributed by atoms with Crippen LogP contribution in [0.4, 0.5) is 0 Å². The summed E-state index contributed by atoms with van der Waals surface area (Å²) in [5.74, 6) is 0.235. The number of hydrogen-bond donors (Lipinski definition) is 1. The van der Waals surface area contributed by atoms with Crippen LogP contribution in [0.1, 0.15) is 28.4 Å². The van der Waals surface area contributed by atoms with Crippen LogP contribution in [0.3, 0.4) is 0 Å². The lowest BCUT2D eigenvalue weighted by Gasteiger charge is -2.00. The number of amidine groups is 1. The number of nitrogens with zero attached hydrogens (tertiary/aromatic N) is 2. The van der Waals surface area contributed by atoms with Gasteiger partial charge in [0.05, 0.1) is 5.56 Å². The van der Waals surface area contributed by atoms with Gasteiger partial charge in [-0.1, -0.05) is 53.7 Å². The van der Waals surface area contributed by atoms with Crippen molar-refractivity contribution in [1.29, 1.82) is 0 Å². The van der Waals surface area contributed by atoms with E-state index in [-0.39, 0.29) is 5.84 Å². The molecule has 0 atom stereocenters. The Morgan fingerprint density at radius 1 is 0.967 bits per heavy atom. The van der Waals surface area contributed by atoms with E-state index in [0.29, 0.717) is 11.5 Å². The number of hydrogen-bond acceptors (Lipinski definition) is 5. The molecular formula is C24H19N3O3. The summed E-state index contributed by atoms with van der Waals surface area (Å²) in [6.45, 7) is 1.54. The second-order valence-corrected chi connectivity index (χ2v) is 6.68. The normalized spacial score (nSPS) is 11.8.